The van der Waals surface area contributed by atoms with Crippen molar-refractivity contribution >= 4 is 0 Å². The van der Waals surface area contributed by atoms with Crippen molar-refractivity contribution in [3.63, 3.8) is 0 Å². The van der Waals surface area contributed by atoms with E-state index in [4.69, 9.17) is 0 Å². The molecule has 1 saturated carbocycles. The fourth-order valence-electron chi connectivity index (χ4n) is 4.30. The van der Waals surface area contributed by atoms with Crippen LogP contribution in [0.15, 0.2) is 12.5 Å². The van der Waals surface area contributed by atoms with E-state index in [9.17, 15) is 5.11 Å². The molecule has 1 aromatic heterocycles. The minimum atomic E-state index is -0.437. The molecule has 102 valence electrons. The summed E-state index contributed by atoms with van der Waals surface area (Å²) in [7, 11) is 0. The number of rotatable bonds is 2. The van der Waals surface area contributed by atoms with Crippen molar-refractivity contribution in [3.05, 3.63) is 23.8 Å². The summed E-state index contributed by atoms with van der Waals surface area (Å²) in [6.45, 7) is 0.844. The summed E-state index contributed by atoms with van der Waals surface area (Å²) in [4.78, 5) is 11.2. The van der Waals surface area contributed by atoms with Gasteiger partial charge in [0.2, 0.25) is 0 Å². The van der Waals surface area contributed by atoms with Gasteiger partial charge in [-0.2, -0.15) is 0 Å². The van der Waals surface area contributed by atoms with E-state index in [0.717, 1.165) is 25.8 Å². The van der Waals surface area contributed by atoms with Crippen molar-refractivity contribution in [1.82, 2.24) is 14.9 Å². The van der Waals surface area contributed by atoms with Crippen LogP contribution in [-0.4, -0.2) is 38.2 Å². The van der Waals surface area contributed by atoms with Crippen molar-refractivity contribution in [2.75, 3.05) is 6.54 Å². The molecule has 0 spiro atoms. The van der Waals surface area contributed by atoms with Crippen LogP contribution in [0.1, 0.15) is 55.8 Å². The van der Waals surface area contributed by atoms with Crippen LogP contribution in [0, 0.1) is 0 Å². The van der Waals surface area contributed by atoms with Crippen molar-refractivity contribution in [3.8, 4) is 0 Å². The Morgan fingerprint density at radius 1 is 1.32 bits per heavy atom. The molecule has 2 unspecified atom stereocenters. The molecule has 3 heterocycles. The van der Waals surface area contributed by atoms with Gasteiger partial charge in [0.25, 0.3) is 0 Å². The van der Waals surface area contributed by atoms with Crippen LogP contribution in [0.4, 0.5) is 0 Å². The Hall–Kier alpha value is -1.00. The third-order valence-electron chi connectivity index (χ3n) is 5.27. The number of hydrogen-bond donors (Lipinski definition) is 1. The SMILES string of the molecule is OC1(CN2C3CCC2c2cncnc2C3)CCCC1. The Balaban J connectivity index is 1.62. The number of aromatic nitrogens is 2. The van der Waals surface area contributed by atoms with Crippen LogP contribution in [0.5, 0.6) is 0 Å². The quantitative estimate of drug-likeness (QED) is 0.880. The van der Waals surface area contributed by atoms with Crippen molar-refractivity contribution in [1.29, 1.82) is 0 Å². The maximum Gasteiger partial charge on any atom is 0.115 e. The maximum atomic E-state index is 10.7. The molecule has 0 radical (unpaired) electrons. The second-order valence-corrected chi connectivity index (χ2v) is 6.48. The van der Waals surface area contributed by atoms with Crippen molar-refractivity contribution in [2.45, 2.75) is 62.6 Å². The van der Waals surface area contributed by atoms with E-state index >= 15 is 0 Å². The van der Waals surface area contributed by atoms with Crippen LogP contribution < -0.4 is 0 Å². The largest absolute Gasteiger partial charge is 0.389 e. The molecule has 19 heavy (non-hydrogen) atoms. The smallest absolute Gasteiger partial charge is 0.115 e. The highest BCUT2D eigenvalue weighted by Gasteiger charge is 2.44. The average Bonchev–Trinajstić information content (AvgIpc) is 2.94. The average molecular weight is 259 g/mol. The Morgan fingerprint density at radius 3 is 3.00 bits per heavy atom. The summed E-state index contributed by atoms with van der Waals surface area (Å²) in [5.74, 6) is 0. The topological polar surface area (TPSA) is 49.2 Å². The first kappa shape index (κ1) is 11.8. The molecule has 1 aromatic rings. The Bertz CT molecular complexity index is 484. The lowest BCUT2D eigenvalue weighted by atomic mass is 9.95. The molecule has 2 aliphatic heterocycles. The minimum Gasteiger partial charge on any atom is -0.389 e. The molecule has 0 amide bonds. The van der Waals surface area contributed by atoms with Gasteiger partial charge >= 0.3 is 0 Å². The van der Waals surface area contributed by atoms with Gasteiger partial charge in [0.1, 0.15) is 6.33 Å². The third-order valence-corrected chi connectivity index (χ3v) is 5.27. The van der Waals surface area contributed by atoms with Crippen molar-refractivity contribution in [2.24, 2.45) is 0 Å². The van der Waals surface area contributed by atoms with Gasteiger partial charge in [-0.15, -0.1) is 0 Å². The zero-order valence-electron chi connectivity index (χ0n) is 11.3. The summed E-state index contributed by atoms with van der Waals surface area (Å²) in [6, 6.07) is 1.02. The van der Waals surface area contributed by atoms with Gasteiger partial charge < -0.3 is 5.11 Å². The zero-order chi connectivity index (χ0) is 12.9. The second-order valence-electron chi connectivity index (χ2n) is 6.48. The summed E-state index contributed by atoms with van der Waals surface area (Å²) < 4.78 is 0. The Morgan fingerprint density at radius 2 is 2.16 bits per heavy atom. The highest BCUT2D eigenvalue weighted by atomic mass is 16.3. The summed E-state index contributed by atoms with van der Waals surface area (Å²) in [5.41, 5.74) is 2.10. The molecule has 1 aliphatic carbocycles. The normalized spacial score (nSPS) is 32.5. The zero-order valence-corrected chi connectivity index (χ0v) is 11.3. The fourth-order valence-corrected chi connectivity index (χ4v) is 4.30. The predicted octanol–water partition coefficient (Wildman–Crippen LogP) is 1.84. The highest BCUT2D eigenvalue weighted by Crippen LogP contribution is 2.44. The first-order chi connectivity index (χ1) is 9.25. The van der Waals surface area contributed by atoms with Crippen LogP contribution in [0.3, 0.4) is 0 Å². The van der Waals surface area contributed by atoms with Gasteiger partial charge in [-0.3, -0.25) is 4.90 Å². The summed E-state index contributed by atoms with van der Waals surface area (Å²) >= 11 is 0. The van der Waals surface area contributed by atoms with E-state index in [1.54, 1.807) is 6.33 Å². The molecule has 0 aromatic carbocycles. The predicted molar refractivity (Wildman–Crippen MR) is 71.6 cm³/mol. The molecular formula is C15H21N3O. The van der Waals surface area contributed by atoms with E-state index in [2.05, 4.69) is 14.9 Å². The minimum absolute atomic E-state index is 0.437. The molecule has 1 saturated heterocycles. The molecule has 2 fully saturated rings. The van der Waals surface area contributed by atoms with Gasteiger partial charge in [-0.05, 0) is 25.7 Å². The van der Waals surface area contributed by atoms with E-state index in [0.29, 0.717) is 12.1 Å². The molecule has 4 heteroatoms. The van der Waals surface area contributed by atoms with E-state index < -0.39 is 5.60 Å². The van der Waals surface area contributed by atoms with Gasteiger partial charge in [-0.1, -0.05) is 12.8 Å². The molecule has 4 rings (SSSR count). The Kier molecular flexibility index (Phi) is 2.64. The number of fused-ring (bicyclic) bond motifs is 4. The molecular weight excluding hydrogens is 238 g/mol. The Labute approximate surface area is 113 Å². The highest BCUT2D eigenvalue weighted by molar-refractivity contribution is 5.27. The standard InChI is InChI=1S/C15H21N3O/c19-15(5-1-2-6-15)9-18-11-3-4-14(18)12-8-16-10-17-13(12)7-11/h8,10-11,14,19H,1-7,9H2. The third kappa shape index (κ3) is 1.89. The second kappa shape index (κ2) is 4.25. The molecule has 4 nitrogen and oxygen atoms in total. The van der Waals surface area contributed by atoms with E-state index in [-0.39, 0.29) is 0 Å². The first-order valence-electron chi connectivity index (χ1n) is 7.52. The van der Waals surface area contributed by atoms with Crippen molar-refractivity contribution < 1.29 is 5.11 Å². The molecule has 2 bridgehead atoms. The fraction of sp³-hybridized carbons (Fsp3) is 0.733. The molecule has 2 atom stereocenters. The monoisotopic (exact) mass is 259 g/mol. The summed E-state index contributed by atoms with van der Waals surface area (Å²) in [6.07, 6.45) is 11.4. The van der Waals surface area contributed by atoms with Gasteiger partial charge in [0.05, 0.1) is 11.3 Å². The van der Waals surface area contributed by atoms with E-state index in [1.807, 2.05) is 6.20 Å². The summed E-state index contributed by atoms with van der Waals surface area (Å²) in [5, 5.41) is 10.7. The lowest BCUT2D eigenvalue weighted by Gasteiger charge is -2.39. The number of hydrogen-bond acceptors (Lipinski definition) is 4. The van der Waals surface area contributed by atoms with E-state index in [1.165, 1.54) is 36.9 Å². The number of nitrogens with zero attached hydrogens (tertiary/aromatic N) is 3. The van der Waals surface area contributed by atoms with Gasteiger partial charge in [-0.25, -0.2) is 9.97 Å². The van der Waals surface area contributed by atoms with Gasteiger partial charge in [0, 0.05) is 36.8 Å². The first-order valence-corrected chi connectivity index (χ1v) is 7.52. The maximum absolute atomic E-state index is 10.7. The van der Waals surface area contributed by atoms with Crippen LogP contribution in [0.2, 0.25) is 0 Å². The van der Waals surface area contributed by atoms with Crippen LogP contribution in [0.25, 0.3) is 0 Å². The lowest BCUT2D eigenvalue weighted by Crippen LogP contribution is -2.47. The molecule has 3 aliphatic rings. The lowest BCUT2D eigenvalue weighted by molar-refractivity contribution is -0.00933. The van der Waals surface area contributed by atoms with Crippen LogP contribution in [-0.2, 0) is 6.42 Å². The van der Waals surface area contributed by atoms with Crippen LogP contribution >= 0.6 is 0 Å². The number of aliphatic hydroxyl groups is 1. The van der Waals surface area contributed by atoms with Gasteiger partial charge in [0.15, 0.2) is 0 Å². The molecule has 1 N–H and O–H groups in total.